The van der Waals surface area contributed by atoms with E-state index in [4.69, 9.17) is 23.2 Å². The van der Waals surface area contributed by atoms with Gasteiger partial charge in [-0.3, -0.25) is 4.79 Å². The number of hydrogen-bond donors (Lipinski definition) is 1. The Balaban J connectivity index is 1.80. The van der Waals surface area contributed by atoms with Crippen LogP contribution in [0.1, 0.15) is 23.1 Å². The quantitative estimate of drug-likeness (QED) is 0.859. The zero-order chi connectivity index (χ0) is 15.2. The molecule has 2 aromatic carbocycles. The molecule has 0 radical (unpaired) electrons. The van der Waals surface area contributed by atoms with Crippen molar-refractivity contribution in [1.82, 2.24) is 5.32 Å². The monoisotopic (exact) mass is 321 g/mol. The summed E-state index contributed by atoms with van der Waals surface area (Å²) in [4.78, 5) is 11.9. The maximum Gasteiger partial charge on any atom is 0.220 e. The van der Waals surface area contributed by atoms with Crippen molar-refractivity contribution in [3.05, 3.63) is 69.2 Å². The highest BCUT2D eigenvalue weighted by Crippen LogP contribution is 2.20. The Bertz CT molecular complexity index is 623. The smallest absolute Gasteiger partial charge is 0.220 e. The van der Waals surface area contributed by atoms with E-state index in [1.54, 1.807) is 12.1 Å². The van der Waals surface area contributed by atoms with Gasteiger partial charge in [0.05, 0.1) is 0 Å². The molecule has 0 heterocycles. The Morgan fingerprint density at radius 2 is 1.81 bits per heavy atom. The fourth-order valence-electron chi connectivity index (χ4n) is 1.96. The first-order valence-electron chi connectivity index (χ1n) is 6.81. The molecular weight excluding hydrogens is 305 g/mol. The topological polar surface area (TPSA) is 29.1 Å². The summed E-state index contributed by atoms with van der Waals surface area (Å²) in [5, 5.41) is 4.04. The van der Waals surface area contributed by atoms with Crippen molar-refractivity contribution in [1.29, 1.82) is 0 Å². The molecule has 21 heavy (non-hydrogen) atoms. The van der Waals surface area contributed by atoms with Crippen LogP contribution in [-0.2, 0) is 17.8 Å². The lowest BCUT2D eigenvalue weighted by Gasteiger charge is -2.07. The molecule has 0 spiro atoms. The van der Waals surface area contributed by atoms with E-state index in [-0.39, 0.29) is 5.91 Å². The summed E-state index contributed by atoms with van der Waals surface area (Å²) < 4.78 is 0. The summed E-state index contributed by atoms with van der Waals surface area (Å²) in [7, 11) is 0. The molecule has 0 atom stereocenters. The number of rotatable bonds is 5. The van der Waals surface area contributed by atoms with E-state index in [9.17, 15) is 4.79 Å². The van der Waals surface area contributed by atoms with Gasteiger partial charge in [0.25, 0.3) is 0 Å². The molecule has 0 unspecified atom stereocenters. The van der Waals surface area contributed by atoms with Crippen molar-refractivity contribution >= 4 is 29.1 Å². The number of carbonyl (C=O) groups excluding carboxylic acids is 1. The first kappa shape index (κ1) is 15.9. The van der Waals surface area contributed by atoms with E-state index >= 15 is 0 Å². The zero-order valence-electron chi connectivity index (χ0n) is 11.8. The second kappa shape index (κ2) is 7.48. The van der Waals surface area contributed by atoms with Crippen molar-refractivity contribution in [2.45, 2.75) is 26.3 Å². The van der Waals surface area contributed by atoms with Crippen LogP contribution in [0.15, 0.2) is 42.5 Å². The van der Waals surface area contributed by atoms with Gasteiger partial charge in [0.1, 0.15) is 0 Å². The van der Waals surface area contributed by atoms with Crippen molar-refractivity contribution < 1.29 is 4.79 Å². The number of carbonyl (C=O) groups is 1. The van der Waals surface area contributed by atoms with Crippen molar-refractivity contribution in [2.24, 2.45) is 0 Å². The van der Waals surface area contributed by atoms with Crippen LogP contribution in [0, 0.1) is 6.92 Å². The molecule has 0 aliphatic heterocycles. The molecule has 0 fully saturated rings. The van der Waals surface area contributed by atoms with Gasteiger partial charge in [0.15, 0.2) is 0 Å². The van der Waals surface area contributed by atoms with Crippen LogP contribution >= 0.6 is 23.2 Å². The Kier molecular flexibility index (Phi) is 5.66. The third-order valence-electron chi connectivity index (χ3n) is 3.25. The highest BCUT2D eigenvalue weighted by atomic mass is 35.5. The molecular formula is C17H17Cl2NO. The second-order valence-corrected chi connectivity index (χ2v) is 5.84. The van der Waals surface area contributed by atoms with Crippen LogP contribution < -0.4 is 5.32 Å². The van der Waals surface area contributed by atoms with Crippen molar-refractivity contribution in [3.63, 3.8) is 0 Å². The highest BCUT2D eigenvalue weighted by molar-refractivity contribution is 6.35. The van der Waals surface area contributed by atoms with Gasteiger partial charge < -0.3 is 5.32 Å². The Morgan fingerprint density at radius 3 is 2.48 bits per heavy atom. The van der Waals surface area contributed by atoms with Crippen LogP contribution in [-0.4, -0.2) is 5.91 Å². The average molecular weight is 322 g/mol. The summed E-state index contributed by atoms with van der Waals surface area (Å²) in [5.74, 6) is 0.0154. The number of benzene rings is 2. The molecule has 2 rings (SSSR count). The number of hydrogen-bond acceptors (Lipinski definition) is 1. The van der Waals surface area contributed by atoms with Gasteiger partial charge in [-0.2, -0.15) is 0 Å². The third kappa shape index (κ3) is 5.07. The number of amides is 1. The molecule has 110 valence electrons. The predicted molar refractivity (Wildman–Crippen MR) is 87.8 cm³/mol. The van der Waals surface area contributed by atoms with E-state index in [0.29, 0.717) is 23.0 Å². The van der Waals surface area contributed by atoms with Gasteiger partial charge in [-0.15, -0.1) is 0 Å². The van der Waals surface area contributed by atoms with Gasteiger partial charge in [-0.25, -0.2) is 0 Å². The Morgan fingerprint density at radius 1 is 1.10 bits per heavy atom. The predicted octanol–water partition coefficient (Wildman–Crippen LogP) is 4.55. The Labute approximate surface area is 135 Å². The molecule has 2 nitrogen and oxygen atoms in total. The number of aryl methyl sites for hydroxylation is 2. The SMILES string of the molecule is Cc1ccc(CCC(=O)NCc2ccc(Cl)cc2Cl)cc1. The lowest BCUT2D eigenvalue weighted by molar-refractivity contribution is -0.121. The molecule has 0 saturated carbocycles. The molecule has 0 saturated heterocycles. The van der Waals surface area contributed by atoms with Gasteiger partial charge >= 0.3 is 0 Å². The van der Waals surface area contributed by atoms with E-state index < -0.39 is 0 Å². The van der Waals surface area contributed by atoms with E-state index in [0.717, 1.165) is 12.0 Å². The standard InChI is InChI=1S/C17H17Cl2NO/c1-12-2-4-13(5-3-12)6-9-17(21)20-11-14-7-8-15(18)10-16(14)19/h2-5,7-8,10H,6,9,11H2,1H3,(H,20,21). The molecule has 0 bridgehead atoms. The van der Waals surface area contributed by atoms with E-state index in [1.165, 1.54) is 11.1 Å². The fourth-order valence-corrected chi connectivity index (χ4v) is 2.44. The molecule has 2 aromatic rings. The fraction of sp³-hybridized carbons (Fsp3) is 0.235. The summed E-state index contributed by atoms with van der Waals surface area (Å²) in [6.07, 6.45) is 1.20. The van der Waals surface area contributed by atoms with Gasteiger partial charge in [-0.05, 0) is 36.6 Å². The molecule has 0 aromatic heterocycles. The van der Waals surface area contributed by atoms with Gasteiger partial charge in [0.2, 0.25) is 5.91 Å². The minimum atomic E-state index is 0.0154. The summed E-state index contributed by atoms with van der Waals surface area (Å²) >= 11 is 11.9. The summed E-state index contributed by atoms with van der Waals surface area (Å²) in [5.41, 5.74) is 3.26. The summed E-state index contributed by atoms with van der Waals surface area (Å²) in [6, 6.07) is 13.5. The minimum absolute atomic E-state index is 0.0154. The zero-order valence-corrected chi connectivity index (χ0v) is 13.3. The van der Waals surface area contributed by atoms with Crippen LogP contribution in [0.25, 0.3) is 0 Å². The van der Waals surface area contributed by atoms with Gasteiger partial charge in [-0.1, -0.05) is 59.1 Å². The summed E-state index contributed by atoms with van der Waals surface area (Å²) in [6.45, 7) is 2.47. The number of halogens is 2. The van der Waals surface area contributed by atoms with Crippen molar-refractivity contribution in [3.8, 4) is 0 Å². The van der Waals surface area contributed by atoms with E-state index in [1.807, 2.05) is 13.0 Å². The molecule has 0 aliphatic rings. The van der Waals surface area contributed by atoms with Crippen LogP contribution in [0.4, 0.5) is 0 Å². The van der Waals surface area contributed by atoms with Gasteiger partial charge in [0, 0.05) is 23.0 Å². The molecule has 1 N–H and O–H groups in total. The largest absolute Gasteiger partial charge is 0.352 e. The minimum Gasteiger partial charge on any atom is -0.352 e. The lowest BCUT2D eigenvalue weighted by atomic mass is 10.1. The third-order valence-corrected chi connectivity index (χ3v) is 3.84. The normalized spacial score (nSPS) is 10.4. The lowest BCUT2D eigenvalue weighted by Crippen LogP contribution is -2.23. The molecule has 0 aliphatic carbocycles. The first-order valence-corrected chi connectivity index (χ1v) is 7.56. The first-order chi connectivity index (χ1) is 10.0. The van der Waals surface area contributed by atoms with Crippen molar-refractivity contribution in [2.75, 3.05) is 0 Å². The Hall–Kier alpha value is -1.51. The molecule has 4 heteroatoms. The van der Waals surface area contributed by atoms with Crippen LogP contribution in [0.3, 0.4) is 0 Å². The average Bonchev–Trinajstić information content (AvgIpc) is 2.46. The maximum atomic E-state index is 11.9. The molecule has 1 amide bonds. The number of nitrogens with one attached hydrogen (secondary N) is 1. The second-order valence-electron chi connectivity index (χ2n) is 5.00. The van der Waals surface area contributed by atoms with E-state index in [2.05, 4.69) is 29.6 Å². The highest BCUT2D eigenvalue weighted by Gasteiger charge is 2.05. The van der Waals surface area contributed by atoms with Crippen LogP contribution in [0.2, 0.25) is 10.0 Å². The van der Waals surface area contributed by atoms with Crippen LogP contribution in [0.5, 0.6) is 0 Å². The maximum absolute atomic E-state index is 11.9.